The Bertz CT molecular complexity index is 682. The monoisotopic (exact) mass is 310 g/mol. The van der Waals surface area contributed by atoms with Crippen LogP contribution in [0.2, 0.25) is 0 Å². The molecule has 8 heteroatoms. The topological polar surface area (TPSA) is 98.0 Å². The number of nitrogens with zero attached hydrogens (tertiary/aromatic N) is 4. The molecule has 0 fully saturated rings. The molecule has 0 amide bonds. The van der Waals surface area contributed by atoms with Gasteiger partial charge in [0.05, 0.1) is 17.9 Å². The van der Waals surface area contributed by atoms with Crippen LogP contribution in [0.1, 0.15) is 25.2 Å². The molecule has 0 saturated carbocycles. The number of hydrogen-bond acceptors (Lipinski definition) is 6. The maximum absolute atomic E-state index is 12.2. The second-order valence-electron chi connectivity index (χ2n) is 4.99. The van der Waals surface area contributed by atoms with E-state index in [9.17, 15) is 13.5 Å². The van der Waals surface area contributed by atoms with Crippen molar-refractivity contribution in [2.45, 2.75) is 37.5 Å². The SMILES string of the molecule is CC(O)C(C)S(=O)(=O)Cc1nnnn1Cc1ccccc1. The van der Waals surface area contributed by atoms with Gasteiger partial charge in [-0.05, 0) is 29.8 Å². The summed E-state index contributed by atoms with van der Waals surface area (Å²) < 4.78 is 25.8. The van der Waals surface area contributed by atoms with Crippen molar-refractivity contribution in [1.29, 1.82) is 0 Å². The molecule has 0 aliphatic rings. The van der Waals surface area contributed by atoms with Crippen LogP contribution in [-0.2, 0) is 22.1 Å². The molecule has 1 aromatic carbocycles. The van der Waals surface area contributed by atoms with E-state index in [2.05, 4.69) is 15.5 Å². The van der Waals surface area contributed by atoms with Crippen LogP contribution in [0.4, 0.5) is 0 Å². The normalized spacial score (nSPS) is 14.8. The maximum Gasteiger partial charge on any atom is 0.166 e. The molecule has 7 nitrogen and oxygen atoms in total. The first kappa shape index (κ1) is 15.6. The summed E-state index contributed by atoms with van der Waals surface area (Å²) in [5.41, 5.74) is 0.979. The van der Waals surface area contributed by atoms with Crippen molar-refractivity contribution in [3.63, 3.8) is 0 Å². The summed E-state index contributed by atoms with van der Waals surface area (Å²) in [4.78, 5) is 0. The molecule has 0 aliphatic heterocycles. The average molecular weight is 310 g/mol. The van der Waals surface area contributed by atoms with E-state index in [-0.39, 0.29) is 11.6 Å². The second kappa shape index (κ2) is 6.31. The van der Waals surface area contributed by atoms with Crippen LogP contribution in [0.3, 0.4) is 0 Å². The first-order valence-corrected chi connectivity index (χ1v) is 8.30. The van der Waals surface area contributed by atoms with E-state index in [1.54, 1.807) is 0 Å². The first-order valence-electron chi connectivity index (χ1n) is 6.59. The number of aromatic nitrogens is 4. The van der Waals surface area contributed by atoms with Gasteiger partial charge in [-0.25, -0.2) is 13.1 Å². The molecular weight excluding hydrogens is 292 g/mol. The Morgan fingerprint density at radius 1 is 1.24 bits per heavy atom. The standard InChI is InChI=1S/C13H18N4O3S/c1-10(18)11(2)21(19,20)9-13-14-15-16-17(13)8-12-6-4-3-5-7-12/h3-7,10-11,18H,8-9H2,1-2H3. The Morgan fingerprint density at radius 2 is 1.90 bits per heavy atom. The van der Waals surface area contributed by atoms with E-state index < -0.39 is 21.2 Å². The minimum absolute atomic E-state index is 0.270. The molecule has 0 saturated heterocycles. The molecule has 0 spiro atoms. The Balaban J connectivity index is 2.18. The molecule has 0 aliphatic carbocycles. The van der Waals surface area contributed by atoms with Crippen LogP contribution in [0.15, 0.2) is 30.3 Å². The summed E-state index contributed by atoms with van der Waals surface area (Å²) in [6, 6.07) is 9.52. The summed E-state index contributed by atoms with van der Waals surface area (Å²) >= 11 is 0. The van der Waals surface area contributed by atoms with Gasteiger partial charge in [0.15, 0.2) is 15.7 Å². The number of aliphatic hydroxyl groups excluding tert-OH is 1. The fourth-order valence-electron chi connectivity index (χ4n) is 1.82. The maximum atomic E-state index is 12.2. The lowest BCUT2D eigenvalue weighted by atomic mass is 10.2. The van der Waals surface area contributed by atoms with Crippen LogP contribution in [0.25, 0.3) is 0 Å². The van der Waals surface area contributed by atoms with Crippen LogP contribution >= 0.6 is 0 Å². The van der Waals surface area contributed by atoms with Crippen molar-refractivity contribution in [1.82, 2.24) is 20.2 Å². The van der Waals surface area contributed by atoms with Gasteiger partial charge in [-0.3, -0.25) is 0 Å². The number of aliphatic hydroxyl groups is 1. The van der Waals surface area contributed by atoms with Gasteiger partial charge in [0.2, 0.25) is 0 Å². The molecule has 2 aromatic rings. The number of benzene rings is 1. The summed E-state index contributed by atoms with van der Waals surface area (Å²) in [5, 5.41) is 19.7. The molecule has 114 valence electrons. The number of sulfone groups is 1. The van der Waals surface area contributed by atoms with Gasteiger partial charge in [0.1, 0.15) is 5.75 Å². The zero-order chi connectivity index (χ0) is 15.5. The summed E-state index contributed by atoms with van der Waals surface area (Å²) in [6.07, 6.45) is -0.937. The van der Waals surface area contributed by atoms with Crippen molar-refractivity contribution in [3.05, 3.63) is 41.7 Å². The quantitative estimate of drug-likeness (QED) is 0.829. The molecule has 2 unspecified atom stereocenters. The first-order chi connectivity index (χ1) is 9.90. The molecule has 1 N–H and O–H groups in total. The number of tetrazole rings is 1. The fraction of sp³-hybridized carbons (Fsp3) is 0.462. The molecule has 2 rings (SSSR count). The van der Waals surface area contributed by atoms with E-state index in [4.69, 9.17) is 0 Å². The van der Waals surface area contributed by atoms with Gasteiger partial charge >= 0.3 is 0 Å². The van der Waals surface area contributed by atoms with Gasteiger partial charge in [0, 0.05) is 0 Å². The van der Waals surface area contributed by atoms with E-state index in [0.717, 1.165) is 5.56 Å². The molecule has 1 aromatic heterocycles. The Hall–Kier alpha value is -1.80. The van der Waals surface area contributed by atoms with Crippen molar-refractivity contribution in [2.24, 2.45) is 0 Å². The minimum atomic E-state index is -3.51. The van der Waals surface area contributed by atoms with Crippen molar-refractivity contribution in [3.8, 4) is 0 Å². The summed E-state index contributed by atoms with van der Waals surface area (Å²) in [5.74, 6) is -0.0230. The molecule has 0 bridgehead atoms. The average Bonchev–Trinajstić information content (AvgIpc) is 2.85. The van der Waals surface area contributed by atoms with Crippen molar-refractivity contribution < 1.29 is 13.5 Å². The van der Waals surface area contributed by atoms with Crippen LogP contribution in [0, 0.1) is 0 Å². The molecular formula is C13H18N4O3S. The van der Waals surface area contributed by atoms with Crippen LogP contribution < -0.4 is 0 Å². The highest BCUT2D eigenvalue weighted by Crippen LogP contribution is 2.13. The van der Waals surface area contributed by atoms with Gasteiger partial charge in [-0.2, -0.15) is 0 Å². The predicted molar refractivity (Wildman–Crippen MR) is 77.1 cm³/mol. The molecule has 21 heavy (non-hydrogen) atoms. The highest BCUT2D eigenvalue weighted by atomic mass is 32.2. The lowest BCUT2D eigenvalue weighted by Crippen LogP contribution is -2.31. The van der Waals surface area contributed by atoms with Crippen LogP contribution in [-0.4, -0.2) is 45.1 Å². The highest BCUT2D eigenvalue weighted by molar-refractivity contribution is 7.91. The van der Waals surface area contributed by atoms with Crippen molar-refractivity contribution in [2.75, 3.05) is 0 Å². The van der Waals surface area contributed by atoms with E-state index in [1.807, 2.05) is 30.3 Å². The third-order valence-electron chi connectivity index (χ3n) is 3.36. The van der Waals surface area contributed by atoms with Gasteiger partial charge < -0.3 is 5.11 Å². The number of rotatable bonds is 6. The second-order valence-corrected chi connectivity index (χ2v) is 7.35. The molecule has 1 heterocycles. The summed E-state index contributed by atoms with van der Waals surface area (Å²) in [6.45, 7) is 3.34. The van der Waals surface area contributed by atoms with Gasteiger partial charge in [-0.1, -0.05) is 30.3 Å². The largest absolute Gasteiger partial charge is 0.392 e. The third-order valence-corrected chi connectivity index (χ3v) is 5.54. The molecule has 0 radical (unpaired) electrons. The zero-order valence-electron chi connectivity index (χ0n) is 11.9. The third kappa shape index (κ3) is 3.85. The Morgan fingerprint density at radius 3 is 2.52 bits per heavy atom. The highest BCUT2D eigenvalue weighted by Gasteiger charge is 2.27. The Kier molecular flexibility index (Phi) is 4.69. The van der Waals surface area contributed by atoms with Gasteiger partial charge in [-0.15, -0.1) is 5.10 Å². The Labute approximate surface area is 123 Å². The summed E-state index contributed by atoms with van der Waals surface area (Å²) in [7, 11) is -3.51. The smallest absolute Gasteiger partial charge is 0.166 e. The van der Waals surface area contributed by atoms with E-state index in [0.29, 0.717) is 6.54 Å². The number of hydrogen-bond donors (Lipinski definition) is 1. The van der Waals surface area contributed by atoms with E-state index >= 15 is 0 Å². The van der Waals surface area contributed by atoms with Crippen molar-refractivity contribution >= 4 is 9.84 Å². The molecule has 2 atom stereocenters. The minimum Gasteiger partial charge on any atom is -0.392 e. The lowest BCUT2D eigenvalue weighted by molar-refractivity contribution is 0.192. The predicted octanol–water partition coefficient (Wildman–Crippen LogP) is 0.405. The van der Waals surface area contributed by atoms with Gasteiger partial charge in [0.25, 0.3) is 0 Å². The van der Waals surface area contributed by atoms with E-state index in [1.165, 1.54) is 18.5 Å². The fourth-order valence-corrected chi connectivity index (χ4v) is 3.25. The zero-order valence-corrected chi connectivity index (χ0v) is 12.7. The van der Waals surface area contributed by atoms with Crippen LogP contribution in [0.5, 0.6) is 0 Å². The lowest BCUT2D eigenvalue weighted by Gasteiger charge is -2.15.